The highest BCUT2D eigenvalue weighted by Crippen LogP contribution is 2.11. The molecular weight excluding hydrogens is 130 g/mol. The van der Waals surface area contributed by atoms with Crippen LogP contribution in [0.2, 0.25) is 0 Å². The van der Waals surface area contributed by atoms with Crippen molar-refractivity contribution in [3.05, 3.63) is 0 Å². The highest BCUT2D eigenvalue weighted by atomic mass is 16.5. The molecule has 3 nitrogen and oxygen atoms in total. The Morgan fingerprint density at radius 2 is 2.30 bits per heavy atom. The van der Waals surface area contributed by atoms with Gasteiger partial charge < -0.3 is 9.84 Å². The van der Waals surface area contributed by atoms with Crippen LogP contribution in [0.4, 0.5) is 0 Å². The molecule has 10 heavy (non-hydrogen) atoms. The fourth-order valence-electron chi connectivity index (χ4n) is 1.19. The topological polar surface area (TPSA) is 32.7 Å². The van der Waals surface area contributed by atoms with Gasteiger partial charge in [0.25, 0.3) is 0 Å². The number of methoxy groups -OCH3 is 1. The Bertz CT molecular complexity index is 99.0. The predicted molar refractivity (Wildman–Crippen MR) is 38.9 cm³/mol. The largest absolute Gasteiger partial charge is 0.390 e. The highest BCUT2D eigenvalue weighted by molar-refractivity contribution is 4.82. The van der Waals surface area contributed by atoms with E-state index >= 15 is 0 Å². The van der Waals surface area contributed by atoms with Crippen LogP contribution < -0.4 is 0 Å². The lowest BCUT2D eigenvalue weighted by atomic mass is 10.1. The summed E-state index contributed by atoms with van der Waals surface area (Å²) in [6.07, 6.45) is -0.0979. The van der Waals surface area contributed by atoms with Gasteiger partial charge in [0.15, 0.2) is 0 Å². The fraction of sp³-hybridized carbons (Fsp3) is 1.00. The predicted octanol–water partition coefficient (Wildman–Crippen LogP) is -0.302. The molecular formula is C7H15NO2. The van der Waals surface area contributed by atoms with Crippen molar-refractivity contribution in [2.75, 3.05) is 26.8 Å². The van der Waals surface area contributed by atoms with Crippen LogP contribution >= 0.6 is 0 Å². The van der Waals surface area contributed by atoms with E-state index in [9.17, 15) is 0 Å². The maximum atomic E-state index is 8.95. The minimum atomic E-state index is -0.0979. The summed E-state index contributed by atoms with van der Waals surface area (Å²) in [5.74, 6) is 0. The van der Waals surface area contributed by atoms with Gasteiger partial charge in [0.2, 0.25) is 0 Å². The Kier molecular flexibility index (Phi) is 2.65. The quantitative estimate of drug-likeness (QED) is 0.591. The number of aliphatic hydroxyl groups is 1. The van der Waals surface area contributed by atoms with Crippen molar-refractivity contribution in [2.45, 2.75) is 19.1 Å². The zero-order chi connectivity index (χ0) is 7.56. The first kappa shape index (κ1) is 7.98. The summed E-state index contributed by atoms with van der Waals surface area (Å²) in [6.45, 7) is 4.48. The van der Waals surface area contributed by atoms with Crippen LogP contribution in [-0.4, -0.2) is 49.0 Å². The number of ether oxygens (including phenoxy) is 1. The summed E-state index contributed by atoms with van der Waals surface area (Å²) in [6, 6.07) is 0.452. The normalized spacial score (nSPS) is 24.3. The van der Waals surface area contributed by atoms with Gasteiger partial charge in [-0.25, -0.2) is 0 Å². The average molecular weight is 145 g/mol. The smallest absolute Gasteiger partial charge is 0.0794 e. The minimum Gasteiger partial charge on any atom is -0.390 e. The van der Waals surface area contributed by atoms with Crippen LogP contribution in [0.5, 0.6) is 0 Å². The molecule has 0 aromatic heterocycles. The van der Waals surface area contributed by atoms with Gasteiger partial charge in [0, 0.05) is 26.2 Å². The minimum absolute atomic E-state index is 0.0979. The van der Waals surface area contributed by atoms with Crippen LogP contribution in [0.1, 0.15) is 6.92 Å². The summed E-state index contributed by atoms with van der Waals surface area (Å²) in [7, 11) is 1.70. The molecule has 3 heteroatoms. The summed E-state index contributed by atoms with van der Waals surface area (Å²) in [5.41, 5.74) is 0. The second-order valence-corrected chi connectivity index (χ2v) is 2.91. The van der Waals surface area contributed by atoms with Crippen LogP contribution in [0.25, 0.3) is 0 Å². The molecule has 1 saturated heterocycles. The van der Waals surface area contributed by atoms with Gasteiger partial charge in [-0.15, -0.1) is 0 Å². The summed E-state index contributed by atoms with van der Waals surface area (Å²) >= 11 is 0. The van der Waals surface area contributed by atoms with E-state index in [0.717, 1.165) is 19.7 Å². The molecule has 0 amide bonds. The zero-order valence-electron chi connectivity index (χ0n) is 6.58. The number of hydrogen-bond acceptors (Lipinski definition) is 3. The third-order valence-corrected chi connectivity index (χ3v) is 1.92. The first-order chi connectivity index (χ1) is 4.74. The molecule has 0 aromatic rings. The molecule has 1 fully saturated rings. The third kappa shape index (κ3) is 1.68. The molecule has 1 aliphatic rings. The zero-order valence-corrected chi connectivity index (χ0v) is 6.58. The lowest BCUT2D eigenvalue weighted by molar-refractivity contribution is -0.0375. The second-order valence-electron chi connectivity index (χ2n) is 2.91. The number of aliphatic hydroxyl groups excluding tert-OH is 1. The van der Waals surface area contributed by atoms with Gasteiger partial charge in [-0.2, -0.15) is 0 Å². The number of hydrogen-bond donors (Lipinski definition) is 1. The maximum Gasteiger partial charge on any atom is 0.0794 e. The van der Waals surface area contributed by atoms with Gasteiger partial charge in [-0.05, 0) is 6.92 Å². The average Bonchev–Trinajstić information content (AvgIpc) is 1.82. The molecule has 1 rings (SSSR count). The van der Waals surface area contributed by atoms with E-state index in [4.69, 9.17) is 9.84 Å². The Hall–Kier alpha value is -0.120. The van der Waals surface area contributed by atoms with Crippen molar-refractivity contribution < 1.29 is 9.84 Å². The van der Waals surface area contributed by atoms with Crippen molar-refractivity contribution in [1.82, 2.24) is 4.90 Å². The van der Waals surface area contributed by atoms with Crippen molar-refractivity contribution in [1.29, 1.82) is 0 Å². The molecule has 1 aliphatic heterocycles. The summed E-state index contributed by atoms with van der Waals surface area (Å²) in [5, 5.41) is 8.95. The summed E-state index contributed by atoms with van der Waals surface area (Å²) in [4.78, 5) is 2.20. The third-order valence-electron chi connectivity index (χ3n) is 1.92. The van der Waals surface area contributed by atoms with E-state index in [-0.39, 0.29) is 6.10 Å². The standard InChI is InChI=1S/C7H15NO2/c1-6(5-10-2)8-3-7(9)4-8/h6-7,9H,3-5H2,1-2H3. The highest BCUT2D eigenvalue weighted by Gasteiger charge is 2.27. The molecule has 0 spiro atoms. The molecule has 0 aromatic carbocycles. The Balaban J connectivity index is 2.11. The van der Waals surface area contributed by atoms with Gasteiger partial charge >= 0.3 is 0 Å². The van der Waals surface area contributed by atoms with Crippen molar-refractivity contribution in [3.8, 4) is 0 Å². The van der Waals surface area contributed by atoms with E-state index in [1.165, 1.54) is 0 Å². The number of nitrogens with zero attached hydrogens (tertiary/aromatic N) is 1. The van der Waals surface area contributed by atoms with Crippen LogP contribution in [0, 0.1) is 0 Å². The number of likely N-dealkylation sites (tertiary alicyclic amines) is 1. The van der Waals surface area contributed by atoms with E-state index in [0.29, 0.717) is 6.04 Å². The van der Waals surface area contributed by atoms with E-state index in [1.807, 2.05) is 0 Å². The molecule has 0 radical (unpaired) electrons. The Morgan fingerprint density at radius 1 is 1.70 bits per heavy atom. The molecule has 1 atom stereocenters. The monoisotopic (exact) mass is 145 g/mol. The molecule has 0 aliphatic carbocycles. The Labute approximate surface area is 61.6 Å². The first-order valence-corrected chi connectivity index (χ1v) is 3.65. The van der Waals surface area contributed by atoms with Gasteiger partial charge in [-0.1, -0.05) is 0 Å². The van der Waals surface area contributed by atoms with Crippen molar-refractivity contribution in [2.24, 2.45) is 0 Å². The molecule has 1 heterocycles. The van der Waals surface area contributed by atoms with Gasteiger partial charge in [0.1, 0.15) is 0 Å². The summed E-state index contributed by atoms with van der Waals surface area (Å²) < 4.78 is 4.97. The lowest BCUT2D eigenvalue weighted by Gasteiger charge is -2.40. The van der Waals surface area contributed by atoms with Gasteiger partial charge in [0.05, 0.1) is 12.7 Å². The van der Waals surface area contributed by atoms with Crippen molar-refractivity contribution >= 4 is 0 Å². The van der Waals surface area contributed by atoms with E-state index in [1.54, 1.807) is 7.11 Å². The van der Waals surface area contributed by atoms with E-state index in [2.05, 4.69) is 11.8 Å². The SMILES string of the molecule is COCC(C)N1CC(O)C1. The maximum absolute atomic E-state index is 8.95. The molecule has 0 bridgehead atoms. The molecule has 60 valence electrons. The number of rotatable bonds is 3. The molecule has 0 saturated carbocycles. The fourth-order valence-corrected chi connectivity index (χ4v) is 1.19. The Morgan fingerprint density at radius 3 is 2.70 bits per heavy atom. The molecule has 1 N–H and O–H groups in total. The van der Waals surface area contributed by atoms with E-state index < -0.39 is 0 Å². The number of β-amino-alcohol motifs (C(OH)–C–C–N with tert-alkyl or cyclic N) is 1. The van der Waals surface area contributed by atoms with Gasteiger partial charge in [-0.3, -0.25) is 4.90 Å². The first-order valence-electron chi connectivity index (χ1n) is 3.65. The molecule has 1 unspecified atom stereocenters. The lowest BCUT2D eigenvalue weighted by Crippen LogP contribution is -2.55. The second kappa shape index (κ2) is 3.32. The van der Waals surface area contributed by atoms with Crippen molar-refractivity contribution in [3.63, 3.8) is 0 Å². The van der Waals surface area contributed by atoms with Crippen LogP contribution in [0.3, 0.4) is 0 Å². The van der Waals surface area contributed by atoms with Crippen LogP contribution in [0.15, 0.2) is 0 Å². The van der Waals surface area contributed by atoms with Crippen LogP contribution in [-0.2, 0) is 4.74 Å².